The number of allylic oxidation sites excluding steroid dienone is 4. The summed E-state index contributed by atoms with van der Waals surface area (Å²) >= 11 is 10.5. The van der Waals surface area contributed by atoms with E-state index in [4.69, 9.17) is 23.2 Å². The van der Waals surface area contributed by atoms with E-state index in [2.05, 4.69) is 0 Å². The normalized spacial score (nSPS) is 26.4. The maximum atomic E-state index is 10.6. The SMILES string of the molecule is O=C(Cl)C=C[C@@H]1CCC[C@@H](C=CC(=O)Cl)C1. The Morgan fingerprint density at radius 2 is 1.38 bits per heavy atom. The number of hydrogen-bond acceptors (Lipinski definition) is 2. The second-order valence-corrected chi connectivity index (χ2v) is 4.76. The van der Waals surface area contributed by atoms with Gasteiger partial charge in [0.05, 0.1) is 0 Å². The summed E-state index contributed by atoms with van der Waals surface area (Å²) in [5.74, 6) is 0.744. The summed E-state index contributed by atoms with van der Waals surface area (Å²) in [6, 6.07) is 0. The van der Waals surface area contributed by atoms with E-state index in [1.54, 1.807) is 0 Å². The van der Waals surface area contributed by atoms with Gasteiger partial charge in [0.2, 0.25) is 10.5 Å². The maximum absolute atomic E-state index is 10.6. The van der Waals surface area contributed by atoms with Crippen molar-refractivity contribution in [2.24, 2.45) is 11.8 Å². The van der Waals surface area contributed by atoms with Crippen molar-refractivity contribution < 1.29 is 9.59 Å². The lowest BCUT2D eigenvalue weighted by Gasteiger charge is -2.24. The molecule has 0 aromatic rings. The summed E-state index contributed by atoms with van der Waals surface area (Å²) in [5.41, 5.74) is 0. The van der Waals surface area contributed by atoms with Crippen LogP contribution >= 0.6 is 23.2 Å². The zero-order chi connectivity index (χ0) is 12.0. The first-order chi connectivity index (χ1) is 7.58. The molecule has 1 fully saturated rings. The molecule has 4 heteroatoms. The molecule has 2 nitrogen and oxygen atoms in total. The van der Waals surface area contributed by atoms with Crippen LogP contribution in [0.1, 0.15) is 25.7 Å². The fourth-order valence-corrected chi connectivity index (χ4v) is 2.19. The third kappa shape index (κ3) is 5.47. The van der Waals surface area contributed by atoms with Crippen molar-refractivity contribution in [3.8, 4) is 0 Å². The van der Waals surface area contributed by atoms with E-state index in [0.717, 1.165) is 25.7 Å². The molecule has 0 saturated heterocycles. The molecule has 0 aromatic carbocycles. The molecule has 0 heterocycles. The van der Waals surface area contributed by atoms with Crippen LogP contribution in [0, 0.1) is 11.8 Å². The standard InChI is InChI=1S/C12H14Cl2O2/c13-11(15)6-4-9-2-1-3-10(8-9)5-7-12(14)16/h4-7,9-10H,1-3,8H2/t9-,10-/m0/s1. The van der Waals surface area contributed by atoms with E-state index < -0.39 is 10.5 Å². The van der Waals surface area contributed by atoms with Gasteiger partial charge in [-0.15, -0.1) is 0 Å². The summed E-state index contributed by atoms with van der Waals surface area (Å²) in [4.78, 5) is 21.2. The average molecular weight is 261 g/mol. The molecule has 1 saturated carbocycles. The predicted octanol–water partition coefficient (Wildman–Crippen LogP) is 3.44. The van der Waals surface area contributed by atoms with Crippen LogP contribution < -0.4 is 0 Å². The van der Waals surface area contributed by atoms with Gasteiger partial charge in [0.25, 0.3) is 0 Å². The lowest BCUT2D eigenvalue weighted by Crippen LogP contribution is -2.12. The fraction of sp³-hybridized carbons (Fsp3) is 0.500. The third-order valence-corrected chi connectivity index (χ3v) is 3.01. The predicted molar refractivity (Wildman–Crippen MR) is 65.4 cm³/mol. The monoisotopic (exact) mass is 260 g/mol. The Bertz CT molecular complexity index is 291. The summed E-state index contributed by atoms with van der Waals surface area (Å²) in [6.07, 6.45) is 10.7. The smallest absolute Gasteiger partial charge is 0.244 e. The van der Waals surface area contributed by atoms with E-state index in [0.29, 0.717) is 11.8 Å². The minimum Gasteiger partial charge on any atom is -0.276 e. The van der Waals surface area contributed by atoms with Gasteiger partial charge in [0.1, 0.15) is 0 Å². The molecule has 0 spiro atoms. The van der Waals surface area contributed by atoms with E-state index in [9.17, 15) is 9.59 Å². The van der Waals surface area contributed by atoms with Crippen LogP contribution in [0.25, 0.3) is 0 Å². The van der Waals surface area contributed by atoms with Crippen LogP contribution in [0.5, 0.6) is 0 Å². The number of carbonyl (C=O) groups is 2. The molecule has 1 aliphatic rings. The highest BCUT2D eigenvalue weighted by Gasteiger charge is 2.18. The van der Waals surface area contributed by atoms with Crippen LogP contribution in [-0.4, -0.2) is 10.5 Å². The molecule has 0 radical (unpaired) electrons. The summed E-state index contributed by atoms with van der Waals surface area (Å²) < 4.78 is 0. The molecule has 1 aliphatic carbocycles. The lowest BCUT2D eigenvalue weighted by atomic mass is 9.81. The van der Waals surface area contributed by atoms with E-state index in [1.807, 2.05) is 12.2 Å². The van der Waals surface area contributed by atoms with Crippen molar-refractivity contribution in [3.05, 3.63) is 24.3 Å². The van der Waals surface area contributed by atoms with Crippen LogP contribution in [0.3, 0.4) is 0 Å². The maximum Gasteiger partial charge on any atom is 0.244 e. The lowest BCUT2D eigenvalue weighted by molar-refractivity contribution is -0.108. The third-order valence-electron chi connectivity index (χ3n) is 2.75. The number of carbonyl (C=O) groups excluding carboxylic acids is 2. The Morgan fingerprint density at radius 3 is 1.75 bits per heavy atom. The largest absolute Gasteiger partial charge is 0.276 e. The molecular formula is C12H14Cl2O2. The highest BCUT2D eigenvalue weighted by Crippen LogP contribution is 2.30. The van der Waals surface area contributed by atoms with Gasteiger partial charge in [-0.25, -0.2) is 0 Å². The molecule has 0 bridgehead atoms. The van der Waals surface area contributed by atoms with E-state index in [1.165, 1.54) is 12.2 Å². The highest BCUT2D eigenvalue weighted by atomic mass is 35.5. The Morgan fingerprint density at radius 1 is 0.938 bits per heavy atom. The Kier molecular flexibility index (Phi) is 5.78. The van der Waals surface area contributed by atoms with Gasteiger partial charge >= 0.3 is 0 Å². The Labute approximate surface area is 105 Å². The highest BCUT2D eigenvalue weighted by molar-refractivity contribution is 6.66. The first kappa shape index (κ1) is 13.5. The number of hydrogen-bond donors (Lipinski definition) is 0. The molecule has 16 heavy (non-hydrogen) atoms. The molecule has 2 atom stereocenters. The van der Waals surface area contributed by atoms with E-state index >= 15 is 0 Å². The van der Waals surface area contributed by atoms with Crippen LogP contribution in [0.2, 0.25) is 0 Å². The summed E-state index contributed by atoms with van der Waals surface area (Å²) in [5, 5.41) is -0.873. The van der Waals surface area contributed by atoms with Crippen molar-refractivity contribution >= 4 is 33.7 Å². The van der Waals surface area contributed by atoms with Gasteiger partial charge in [-0.2, -0.15) is 0 Å². The first-order valence-corrected chi connectivity index (χ1v) is 6.09. The second kappa shape index (κ2) is 6.87. The molecule has 1 rings (SSSR count). The second-order valence-electron chi connectivity index (χ2n) is 4.01. The molecule has 0 aromatic heterocycles. The number of halogens is 2. The van der Waals surface area contributed by atoms with Crippen LogP contribution in [0.4, 0.5) is 0 Å². The van der Waals surface area contributed by atoms with Crippen molar-refractivity contribution in [3.63, 3.8) is 0 Å². The Hall–Kier alpha value is -0.600. The summed E-state index contributed by atoms with van der Waals surface area (Å²) in [6.45, 7) is 0. The minimum atomic E-state index is -0.436. The molecule has 0 unspecified atom stereocenters. The zero-order valence-electron chi connectivity index (χ0n) is 8.86. The topological polar surface area (TPSA) is 34.1 Å². The van der Waals surface area contributed by atoms with E-state index in [-0.39, 0.29) is 0 Å². The van der Waals surface area contributed by atoms with Gasteiger partial charge < -0.3 is 0 Å². The average Bonchev–Trinajstić information content (AvgIpc) is 2.24. The molecule has 0 N–H and O–H groups in total. The quantitative estimate of drug-likeness (QED) is 0.573. The molecule has 88 valence electrons. The molecule has 0 amide bonds. The number of rotatable bonds is 4. The van der Waals surface area contributed by atoms with Gasteiger partial charge in [-0.3, -0.25) is 9.59 Å². The van der Waals surface area contributed by atoms with Gasteiger partial charge in [0.15, 0.2) is 0 Å². The molecule has 0 aliphatic heterocycles. The van der Waals surface area contributed by atoms with Crippen LogP contribution in [0.15, 0.2) is 24.3 Å². The van der Waals surface area contributed by atoms with Gasteiger partial charge in [-0.1, -0.05) is 18.6 Å². The fourth-order valence-electron chi connectivity index (χ4n) is 2.04. The zero-order valence-corrected chi connectivity index (χ0v) is 10.4. The van der Waals surface area contributed by atoms with Crippen LogP contribution in [-0.2, 0) is 9.59 Å². The minimum absolute atomic E-state index is 0.372. The molecular weight excluding hydrogens is 247 g/mol. The van der Waals surface area contributed by atoms with Crippen molar-refractivity contribution in [2.45, 2.75) is 25.7 Å². The Balaban J connectivity index is 2.47. The summed E-state index contributed by atoms with van der Waals surface area (Å²) in [7, 11) is 0. The van der Waals surface area contributed by atoms with Gasteiger partial charge in [-0.05, 0) is 66.5 Å². The van der Waals surface area contributed by atoms with Crippen molar-refractivity contribution in [2.75, 3.05) is 0 Å². The van der Waals surface area contributed by atoms with Gasteiger partial charge in [0, 0.05) is 0 Å². The first-order valence-electron chi connectivity index (χ1n) is 5.33. The van der Waals surface area contributed by atoms with Crippen molar-refractivity contribution in [1.82, 2.24) is 0 Å². The van der Waals surface area contributed by atoms with Crippen molar-refractivity contribution in [1.29, 1.82) is 0 Å².